The minimum Gasteiger partial charge on any atom is -0.294 e. The Labute approximate surface area is 121 Å². The molecule has 0 radical (unpaired) electrons. The molecule has 0 aromatic heterocycles. The highest BCUT2D eigenvalue weighted by atomic mass is 19.1. The molecule has 2 heterocycles. The molecule has 2 aromatic carbocycles. The van der Waals surface area contributed by atoms with Crippen LogP contribution in [0.3, 0.4) is 0 Å². The fourth-order valence-corrected chi connectivity index (χ4v) is 3.41. The zero-order chi connectivity index (χ0) is 14.8. The number of carbonyl (C=O) groups is 2. The van der Waals surface area contributed by atoms with E-state index in [0.717, 1.165) is 0 Å². The number of para-hydroxylation sites is 1. The van der Waals surface area contributed by atoms with E-state index in [1.54, 1.807) is 37.3 Å². The van der Waals surface area contributed by atoms with E-state index < -0.39 is 11.4 Å². The first-order valence-electron chi connectivity index (χ1n) is 6.80. The number of amides is 1. The third kappa shape index (κ3) is 1.37. The van der Waals surface area contributed by atoms with Gasteiger partial charge in [-0.2, -0.15) is 0 Å². The number of fused-ring (bicyclic) bond motifs is 4. The second kappa shape index (κ2) is 3.79. The standard InChI is InChI=1S/C17H12FNO2/c1-17-9-12-10(6-4-7-13(12)18)16(21)19(17)14-8-3-2-5-11(14)15(17)20/h2-8H,9H2,1H3. The van der Waals surface area contributed by atoms with Gasteiger partial charge in [0.15, 0.2) is 5.78 Å². The molecule has 21 heavy (non-hydrogen) atoms. The summed E-state index contributed by atoms with van der Waals surface area (Å²) in [4.78, 5) is 27.0. The third-order valence-corrected chi connectivity index (χ3v) is 4.45. The van der Waals surface area contributed by atoms with Gasteiger partial charge in [0.05, 0.1) is 5.69 Å². The summed E-state index contributed by atoms with van der Waals surface area (Å²) < 4.78 is 14.0. The molecule has 0 spiro atoms. The Morgan fingerprint density at radius 3 is 2.57 bits per heavy atom. The molecular formula is C17H12FNO2. The topological polar surface area (TPSA) is 37.4 Å². The Kier molecular flexibility index (Phi) is 2.21. The Morgan fingerprint density at radius 1 is 1.05 bits per heavy atom. The Hall–Kier alpha value is -2.49. The van der Waals surface area contributed by atoms with Gasteiger partial charge in [-0.1, -0.05) is 18.2 Å². The van der Waals surface area contributed by atoms with Crippen LogP contribution in [0, 0.1) is 5.82 Å². The fourth-order valence-electron chi connectivity index (χ4n) is 3.41. The number of carbonyl (C=O) groups excluding carboxylic acids is 2. The van der Waals surface area contributed by atoms with Crippen molar-refractivity contribution in [3.63, 3.8) is 0 Å². The van der Waals surface area contributed by atoms with Crippen molar-refractivity contribution in [2.75, 3.05) is 4.90 Å². The van der Waals surface area contributed by atoms with E-state index in [1.165, 1.54) is 17.0 Å². The summed E-state index contributed by atoms with van der Waals surface area (Å²) in [5.41, 5.74) is 0.793. The van der Waals surface area contributed by atoms with Crippen molar-refractivity contribution in [3.8, 4) is 0 Å². The number of rotatable bonds is 0. The zero-order valence-corrected chi connectivity index (χ0v) is 11.4. The molecule has 1 unspecified atom stereocenters. The van der Waals surface area contributed by atoms with Crippen LogP contribution in [0.25, 0.3) is 0 Å². The van der Waals surface area contributed by atoms with Gasteiger partial charge in [0.2, 0.25) is 0 Å². The lowest BCUT2D eigenvalue weighted by molar-refractivity contribution is 0.0840. The van der Waals surface area contributed by atoms with Crippen LogP contribution >= 0.6 is 0 Å². The maximum absolute atomic E-state index is 14.0. The van der Waals surface area contributed by atoms with Gasteiger partial charge < -0.3 is 0 Å². The maximum atomic E-state index is 14.0. The molecule has 4 rings (SSSR count). The van der Waals surface area contributed by atoms with Crippen molar-refractivity contribution >= 4 is 17.4 Å². The van der Waals surface area contributed by atoms with Gasteiger partial charge in [0, 0.05) is 23.1 Å². The second-order valence-electron chi connectivity index (χ2n) is 5.70. The van der Waals surface area contributed by atoms with Crippen molar-refractivity contribution in [1.29, 1.82) is 0 Å². The smallest absolute Gasteiger partial charge is 0.259 e. The van der Waals surface area contributed by atoms with E-state index in [2.05, 4.69) is 0 Å². The molecular weight excluding hydrogens is 269 g/mol. The first kappa shape index (κ1) is 12.3. The molecule has 1 atom stereocenters. The number of hydrogen-bond acceptors (Lipinski definition) is 2. The van der Waals surface area contributed by atoms with Gasteiger partial charge in [0.1, 0.15) is 11.4 Å². The minimum atomic E-state index is -1.03. The van der Waals surface area contributed by atoms with Crippen molar-refractivity contribution < 1.29 is 14.0 Å². The molecule has 0 bridgehead atoms. The molecule has 3 nitrogen and oxygen atoms in total. The normalized spacial score (nSPS) is 22.9. The highest BCUT2D eigenvalue weighted by molar-refractivity contribution is 6.24. The van der Waals surface area contributed by atoms with Gasteiger partial charge in [0.25, 0.3) is 5.91 Å². The monoisotopic (exact) mass is 281 g/mol. The SMILES string of the molecule is CC12Cc3c(F)cccc3C(=O)N1c1ccccc1C2=O. The Balaban J connectivity index is 2.00. The first-order valence-corrected chi connectivity index (χ1v) is 6.80. The molecule has 0 saturated carbocycles. The number of benzene rings is 2. The van der Waals surface area contributed by atoms with Gasteiger partial charge in [-0.3, -0.25) is 14.5 Å². The zero-order valence-electron chi connectivity index (χ0n) is 11.4. The van der Waals surface area contributed by atoms with Crippen LogP contribution in [-0.4, -0.2) is 17.2 Å². The van der Waals surface area contributed by atoms with Crippen LogP contribution in [0.15, 0.2) is 42.5 Å². The van der Waals surface area contributed by atoms with Crippen LogP contribution in [0.4, 0.5) is 10.1 Å². The summed E-state index contributed by atoms with van der Waals surface area (Å²) in [6.45, 7) is 1.71. The van der Waals surface area contributed by atoms with Gasteiger partial charge in [-0.15, -0.1) is 0 Å². The van der Waals surface area contributed by atoms with Crippen molar-refractivity contribution in [2.45, 2.75) is 18.9 Å². The van der Waals surface area contributed by atoms with Crippen LogP contribution in [0.2, 0.25) is 0 Å². The van der Waals surface area contributed by atoms with E-state index in [0.29, 0.717) is 22.4 Å². The molecule has 104 valence electrons. The Morgan fingerprint density at radius 2 is 1.76 bits per heavy atom. The van der Waals surface area contributed by atoms with Crippen molar-refractivity contribution in [2.24, 2.45) is 0 Å². The second-order valence-corrected chi connectivity index (χ2v) is 5.70. The van der Waals surface area contributed by atoms with Gasteiger partial charge >= 0.3 is 0 Å². The molecule has 1 amide bonds. The van der Waals surface area contributed by atoms with Crippen LogP contribution < -0.4 is 4.90 Å². The Bertz CT molecular complexity index is 814. The average Bonchev–Trinajstić information content (AvgIpc) is 2.70. The predicted octanol–water partition coefficient (Wildman–Crippen LogP) is 2.98. The molecule has 0 aliphatic carbocycles. The van der Waals surface area contributed by atoms with Gasteiger partial charge in [-0.05, 0) is 31.2 Å². The summed E-state index contributed by atoms with van der Waals surface area (Å²) in [5.74, 6) is -0.859. The quantitative estimate of drug-likeness (QED) is 0.744. The predicted molar refractivity (Wildman–Crippen MR) is 76.1 cm³/mol. The van der Waals surface area contributed by atoms with E-state index in [4.69, 9.17) is 0 Å². The lowest BCUT2D eigenvalue weighted by Gasteiger charge is -2.39. The molecule has 2 aliphatic heterocycles. The van der Waals surface area contributed by atoms with Crippen LogP contribution in [-0.2, 0) is 6.42 Å². The number of anilines is 1. The van der Waals surface area contributed by atoms with Crippen LogP contribution in [0.5, 0.6) is 0 Å². The molecule has 0 fully saturated rings. The highest BCUT2D eigenvalue weighted by Gasteiger charge is 2.54. The third-order valence-electron chi connectivity index (χ3n) is 4.45. The summed E-state index contributed by atoms with van der Waals surface area (Å²) in [6.07, 6.45) is 0.203. The minimum absolute atomic E-state index is 0.125. The number of Topliss-reactive ketones (excluding diaryl/α,β-unsaturated/α-hetero) is 1. The molecule has 4 heteroatoms. The largest absolute Gasteiger partial charge is 0.294 e. The van der Waals surface area contributed by atoms with E-state index >= 15 is 0 Å². The van der Waals surface area contributed by atoms with Crippen molar-refractivity contribution in [1.82, 2.24) is 0 Å². The average molecular weight is 281 g/mol. The fraction of sp³-hybridized carbons (Fsp3) is 0.176. The number of ketones is 1. The first-order chi connectivity index (χ1) is 10.0. The van der Waals surface area contributed by atoms with Crippen molar-refractivity contribution in [3.05, 3.63) is 65.0 Å². The van der Waals surface area contributed by atoms with E-state index in [-0.39, 0.29) is 18.1 Å². The lowest BCUT2D eigenvalue weighted by atomic mass is 9.82. The number of nitrogens with zero attached hydrogens (tertiary/aromatic N) is 1. The molecule has 0 N–H and O–H groups in total. The summed E-state index contributed by atoms with van der Waals surface area (Å²) in [7, 11) is 0. The summed E-state index contributed by atoms with van der Waals surface area (Å²) >= 11 is 0. The number of hydrogen-bond donors (Lipinski definition) is 0. The summed E-state index contributed by atoms with van der Waals surface area (Å²) in [5, 5.41) is 0. The van der Waals surface area contributed by atoms with E-state index in [9.17, 15) is 14.0 Å². The number of halogens is 1. The molecule has 0 saturated heterocycles. The molecule has 2 aromatic rings. The lowest BCUT2D eigenvalue weighted by Crippen LogP contribution is -2.56. The van der Waals surface area contributed by atoms with E-state index in [1.807, 2.05) is 0 Å². The maximum Gasteiger partial charge on any atom is 0.259 e. The van der Waals surface area contributed by atoms with Crippen LogP contribution in [0.1, 0.15) is 33.2 Å². The molecule has 2 aliphatic rings. The van der Waals surface area contributed by atoms with Gasteiger partial charge in [-0.25, -0.2) is 4.39 Å². The highest BCUT2D eigenvalue weighted by Crippen LogP contribution is 2.44. The summed E-state index contributed by atoms with van der Waals surface area (Å²) in [6, 6.07) is 11.5.